The van der Waals surface area contributed by atoms with Gasteiger partial charge in [0.05, 0.1) is 12.8 Å². The Labute approximate surface area is 122 Å². The molecule has 0 radical (unpaired) electrons. The van der Waals surface area contributed by atoms with Gasteiger partial charge in [-0.2, -0.15) is 0 Å². The maximum Gasteiger partial charge on any atom is 0.244 e. The summed E-state index contributed by atoms with van der Waals surface area (Å²) in [6, 6.07) is 2.68. The van der Waals surface area contributed by atoms with E-state index >= 15 is 0 Å². The van der Waals surface area contributed by atoms with Crippen molar-refractivity contribution in [3.05, 3.63) is 30.2 Å². The first kappa shape index (κ1) is 16.5. The lowest BCUT2D eigenvalue weighted by Crippen LogP contribution is -2.47. The fourth-order valence-electron chi connectivity index (χ4n) is 1.59. The summed E-state index contributed by atoms with van der Waals surface area (Å²) in [6.07, 6.45) is 5.41. The van der Waals surface area contributed by atoms with Gasteiger partial charge in [-0.15, -0.1) is 0 Å². The molecule has 7 heteroatoms. The summed E-state index contributed by atoms with van der Waals surface area (Å²) in [5.74, 6) is -0.958. The Morgan fingerprint density at radius 1 is 1.43 bits per heavy atom. The smallest absolute Gasteiger partial charge is 0.244 e. The van der Waals surface area contributed by atoms with Gasteiger partial charge >= 0.3 is 0 Å². The van der Waals surface area contributed by atoms with Crippen molar-refractivity contribution >= 4 is 23.8 Å². The molecule has 0 spiro atoms. The number of hydrogen-bond acceptors (Lipinski definition) is 4. The van der Waals surface area contributed by atoms with Crippen LogP contribution in [-0.2, 0) is 14.4 Å². The topological polar surface area (TPSA) is 114 Å². The van der Waals surface area contributed by atoms with Crippen LogP contribution < -0.4 is 16.4 Å². The zero-order valence-electron chi connectivity index (χ0n) is 11.8. The van der Waals surface area contributed by atoms with Crippen molar-refractivity contribution in [3.63, 3.8) is 0 Å². The molecule has 0 saturated heterocycles. The molecule has 1 heterocycles. The van der Waals surface area contributed by atoms with Gasteiger partial charge in [-0.3, -0.25) is 14.4 Å². The third-order valence-electron chi connectivity index (χ3n) is 2.62. The van der Waals surface area contributed by atoms with Gasteiger partial charge in [-0.25, -0.2) is 0 Å². The van der Waals surface area contributed by atoms with E-state index in [1.54, 1.807) is 12.1 Å². The quantitative estimate of drug-likeness (QED) is 0.593. The first-order valence-electron chi connectivity index (χ1n) is 6.61. The summed E-state index contributed by atoms with van der Waals surface area (Å²) in [6.45, 7) is 1.65. The highest BCUT2D eigenvalue weighted by Gasteiger charge is 2.16. The van der Waals surface area contributed by atoms with E-state index in [1.165, 1.54) is 18.4 Å². The number of amides is 3. The van der Waals surface area contributed by atoms with E-state index < -0.39 is 23.8 Å². The van der Waals surface area contributed by atoms with Crippen LogP contribution in [0.15, 0.2) is 28.9 Å². The number of furan rings is 1. The molecule has 21 heavy (non-hydrogen) atoms. The zero-order chi connectivity index (χ0) is 15.7. The molecule has 0 aliphatic carbocycles. The van der Waals surface area contributed by atoms with E-state index in [0.29, 0.717) is 18.6 Å². The zero-order valence-corrected chi connectivity index (χ0v) is 11.8. The SMILES string of the molecule is CCC[C@H](NC(=O)CNC(=O)/C=C\c1ccco1)C(N)=O. The molecule has 7 nitrogen and oxygen atoms in total. The van der Waals surface area contributed by atoms with E-state index in [9.17, 15) is 14.4 Å². The molecule has 0 fully saturated rings. The average Bonchev–Trinajstić information content (AvgIpc) is 2.95. The number of primary amides is 1. The second-order valence-corrected chi connectivity index (χ2v) is 4.38. The standard InChI is InChI=1S/C14H19N3O4/c1-2-4-11(14(15)20)17-13(19)9-16-12(18)7-6-10-5-3-8-21-10/h3,5-8,11H,2,4,9H2,1H3,(H2,15,20)(H,16,18)(H,17,19)/b7-6-/t11-/m0/s1. The predicted octanol–water partition coefficient (Wildman–Crippen LogP) is 0.179. The van der Waals surface area contributed by atoms with Crippen LogP contribution in [0.5, 0.6) is 0 Å². The van der Waals surface area contributed by atoms with E-state index in [1.807, 2.05) is 6.92 Å². The van der Waals surface area contributed by atoms with Crippen LogP contribution in [0.1, 0.15) is 25.5 Å². The monoisotopic (exact) mass is 293 g/mol. The second-order valence-electron chi connectivity index (χ2n) is 4.38. The summed E-state index contributed by atoms with van der Waals surface area (Å²) >= 11 is 0. The van der Waals surface area contributed by atoms with Gasteiger partial charge in [0, 0.05) is 6.08 Å². The molecule has 0 unspecified atom stereocenters. The van der Waals surface area contributed by atoms with Crippen LogP contribution in [0, 0.1) is 0 Å². The number of rotatable bonds is 8. The van der Waals surface area contributed by atoms with Gasteiger partial charge in [0.1, 0.15) is 11.8 Å². The lowest BCUT2D eigenvalue weighted by atomic mass is 10.1. The van der Waals surface area contributed by atoms with E-state index in [-0.39, 0.29) is 6.54 Å². The lowest BCUT2D eigenvalue weighted by molar-refractivity contribution is -0.128. The summed E-state index contributed by atoms with van der Waals surface area (Å²) in [4.78, 5) is 34.2. The third-order valence-corrected chi connectivity index (χ3v) is 2.62. The minimum absolute atomic E-state index is 0.227. The number of nitrogens with one attached hydrogen (secondary N) is 2. The second kappa shape index (κ2) is 8.57. The van der Waals surface area contributed by atoms with Crippen molar-refractivity contribution in [2.75, 3.05) is 6.54 Å². The van der Waals surface area contributed by atoms with Gasteiger partial charge in [-0.05, 0) is 24.6 Å². The molecule has 0 aliphatic rings. The minimum Gasteiger partial charge on any atom is -0.465 e. The fourth-order valence-corrected chi connectivity index (χ4v) is 1.59. The van der Waals surface area contributed by atoms with Gasteiger partial charge in [0.2, 0.25) is 17.7 Å². The summed E-state index contributed by atoms with van der Waals surface area (Å²) in [7, 11) is 0. The fraction of sp³-hybridized carbons (Fsp3) is 0.357. The van der Waals surface area contributed by atoms with Gasteiger partial charge in [0.15, 0.2) is 0 Å². The van der Waals surface area contributed by atoms with Crippen LogP contribution in [-0.4, -0.2) is 30.3 Å². The molecule has 1 atom stereocenters. The van der Waals surface area contributed by atoms with Crippen molar-refractivity contribution in [2.24, 2.45) is 5.73 Å². The van der Waals surface area contributed by atoms with Gasteiger partial charge < -0.3 is 20.8 Å². The van der Waals surface area contributed by atoms with Crippen molar-refractivity contribution in [1.29, 1.82) is 0 Å². The maximum atomic E-state index is 11.6. The Morgan fingerprint density at radius 3 is 2.76 bits per heavy atom. The Bertz CT molecular complexity index is 508. The lowest BCUT2D eigenvalue weighted by Gasteiger charge is -2.14. The summed E-state index contributed by atoms with van der Waals surface area (Å²) in [5, 5.41) is 4.87. The highest BCUT2D eigenvalue weighted by atomic mass is 16.3. The molecule has 0 aliphatic heterocycles. The van der Waals surface area contributed by atoms with Crippen molar-refractivity contribution < 1.29 is 18.8 Å². The highest BCUT2D eigenvalue weighted by molar-refractivity contribution is 5.94. The van der Waals surface area contributed by atoms with E-state index in [2.05, 4.69) is 10.6 Å². The average molecular weight is 293 g/mol. The molecule has 4 N–H and O–H groups in total. The molecule has 0 aromatic carbocycles. The molecule has 1 rings (SSSR count). The van der Waals surface area contributed by atoms with Crippen LogP contribution in [0.2, 0.25) is 0 Å². The van der Waals surface area contributed by atoms with Crippen molar-refractivity contribution in [1.82, 2.24) is 10.6 Å². The van der Waals surface area contributed by atoms with E-state index in [4.69, 9.17) is 10.2 Å². The Hall–Kier alpha value is -2.57. The normalized spacial score (nSPS) is 12.0. The highest BCUT2D eigenvalue weighted by Crippen LogP contribution is 2.01. The van der Waals surface area contributed by atoms with Crippen molar-refractivity contribution in [2.45, 2.75) is 25.8 Å². The van der Waals surface area contributed by atoms with Gasteiger partial charge in [0.25, 0.3) is 0 Å². The van der Waals surface area contributed by atoms with Gasteiger partial charge in [-0.1, -0.05) is 13.3 Å². The predicted molar refractivity (Wildman–Crippen MR) is 76.8 cm³/mol. The number of hydrogen-bond donors (Lipinski definition) is 3. The molecule has 3 amide bonds. The largest absolute Gasteiger partial charge is 0.465 e. The summed E-state index contributed by atoms with van der Waals surface area (Å²) < 4.78 is 5.02. The minimum atomic E-state index is -0.710. The van der Waals surface area contributed by atoms with Crippen LogP contribution in [0.3, 0.4) is 0 Å². The molecule has 0 saturated carbocycles. The Morgan fingerprint density at radius 2 is 2.19 bits per heavy atom. The third kappa shape index (κ3) is 6.42. The molecule has 114 valence electrons. The number of nitrogens with two attached hydrogens (primary N) is 1. The molecule has 0 bridgehead atoms. The Balaban J connectivity index is 2.35. The van der Waals surface area contributed by atoms with Crippen LogP contribution >= 0.6 is 0 Å². The van der Waals surface area contributed by atoms with E-state index in [0.717, 1.165) is 0 Å². The number of carbonyl (C=O) groups is 3. The molecular weight excluding hydrogens is 274 g/mol. The molecule has 1 aromatic rings. The maximum absolute atomic E-state index is 11.6. The van der Waals surface area contributed by atoms with Crippen molar-refractivity contribution in [3.8, 4) is 0 Å². The first-order chi connectivity index (χ1) is 10.0. The summed E-state index contributed by atoms with van der Waals surface area (Å²) in [5.41, 5.74) is 5.17. The van der Waals surface area contributed by atoms with Crippen LogP contribution in [0.25, 0.3) is 6.08 Å². The Kier molecular flexibility index (Phi) is 6.73. The van der Waals surface area contributed by atoms with Crippen LogP contribution in [0.4, 0.5) is 0 Å². The number of carbonyl (C=O) groups excluding carboxylic acids is 3. The first-order valence-corrected chi connectivity index (χ1v) is 6.61. The molecular formula is C14H19N3O4. The molecule has 1 aromatic heterocycles.